The summed E-state index contributed by atoms with van der Waals surface area (Å²) in [5.74, 6) is 0. The number of rotatable bonds is 6. The lowest BCUT2D eigenvalue weighted by Gasteiger charge is -2.26. The van der Waals surface area contributed by atoms with Gasteiger partial charge in [0.15, 0.2) is 0 Å². The number of nitrogens with zero attached hydrogens (tertiary/aromatic N) is 4. The highest BCUT2D eigenvalue weighted by molar-refractivity contribution is 5.69. The van der Waals surface area contributed by atoms with Gasteiger partial charge in [-0.15, -0.1) is 0 Å². The number of aliphatic hydroxyl groups excluding tert-OH is 1. The molecule has 24 heavy (non-hydrogen) atoms. The number of aliphatic imine (C=N–C) groups is 2. The molecule has 0 aromatic heterocycles. The summed E-state index contributed by atoms with van der Waals surface area (Å²) in [5, 5.41) is 28.8. The fraction of sp³-hybridized carbons (Fsp3) is 0.444. The number of hydrogen-bond acceptors (Lipinski definition) is 4. The third-order valence-corrected chi connectivity index (χ3v) is 3.95. The Labute approximate surface area is 143 Å². The van der Waals surface area contributed by atoms with Gasteiger partial charge < -0.3 is 10.8 Å². The molecule has 0 radical (unpaired) electrons. The first kappa shape index (κ1) is 19.3. The zero-order valence-corrected chi connectivity index (χ0v) is 14.5. The Morgan fingerprint density at radius 2 is 1.79 bits per heavy atom. The lowest BCUT2D eigenvalue weighted by Crippen LogP contribution is -2.22. The molecule has 0 aliphatic rings. The van der Waals surface area contributed by atoms with Crippen molar-refractivity contribution in [3.05, 3.63) is 34.4 Å². The lowest BCUT2D eigenvalue weighted by molar-refractivity contribution is 0.278. The van der Waals surface area contributed by atoms with Crippen LogP contribution in [0.25, 0.3) is 0 Å². The SMILES string of the molecule is CC(C)(C#N)c1cc(CN=CN=CN)c(CO)c(C(C)(C)C#N)c1. The molecule has 0 aliphatic heterocycles. The number of nitrogens with two attached hydrogens (primary N) is 1. The van der Waals surface area contributed by atoms with E-state index in [9.17, 15) is 15.6 Å². The highest BCUT2D eigenvalue weighted by atomic mass is 16.3. The Morgan fingerprint density at radius 3 is 2.29 bits per heavy atom. The summed E-state index contributed by atoms with van der Waals surface area (Å²) in [7, 11) is 0. The first-order chi connectivity index (χ1) is 11.2. The van der Waals surface area contributed by atoms with E-state index in [1.165, 1.54) is 6.34 Å². The van der Waals surface area contributed by atoms with E-state index in [0.717, 1.165) is 17.5 Å². The van der Waals surface area contributed by atoms with Crippen LogP contribution in [0.1, 0.15) is 49.9 Å². The van der Waals surface area contributed by atoms with Gasteiger partial charge >= 0.3 is 0 Å². The molecular weight excluding hydrogens is 302 g/mol. The van der Waals surface area contributed by atoms with Crippen molar-refractivity contribution in [3.63, 3.8) is 0 Å². The molecule has 3 N–H and O–H groups in total. The predicted octanol–water partition coefficient (Wildman–Crippen LogP) is 2.30. The van der Waals surface area contributed by atoms with Crippen LogP contribution in [0.15, 0.2) is 22.1 Å². The predicted molar refractivity (Wildman–Crippen MR) is 94.5 cm³/mol. The quantitative estimate of drug-likeness (QED) is 0.616. The summed E-state index contributed by atoms with van der Waals surface area (Å²) in [6.07, 6.45) is 2.47. The number of hydrogen-bond donors (Lipinski definition) is 2. The van der Waals surface area contributed by atoms with E-state index >= 15 is 0 Å². The highest BCUT2D eigenvalue weighted by Gasteiger charge is 2.29. The minimum absolute atomic E-state index is 0.210. The average Bonchev–Trinajstić information content (AvgIpc) is 2.57. The molecule has 1 aromatic carbocycles. The van der Waals surface area contributed by atoms with E-state index in [4.69, 9.17) is 5.73 Å². The zero-order valence-electron chi connectivity index (χ0n) is 14.5. The van der Waals surface area contributed by atoms with Gasteiger partial charge in [-0.1, -0.05) is 12.1 Å². The molecule has 126 valence electrons. The number of nitriles is 2. The second-order valence-electron chi connectivity index (χ2n) is 6.55. The third kappa shape index (κ3) is 4.18. The molecule has 0 heterocycles. The van der Waals surface area contributed by atoms with E-state index in [0.29, 0.717) is 11.1 Å². The van der Waals surface area contributed by atoms with Crippen LogP contribution in [-0.4, -0.2) is 17.8 Å². The minimum Gasteiger partial charge on any atom is -0.392 e. The molecule has 0 spiro atoms. The van der Waals surface area contributed by atoms with Gasteiger partial charge in [0.1, 0.15) is 6.34 Å². The van der Waals surface area contributed by atoms with Crippen LogP contribution in [0, 0.1) is 22.7 Å². The molecule has 0 amide bonds. The summed E-state index contributed by atoms with van der Waals surface area (Å²) < 4.78 is 0. The molecule has 1 rings (SSSR count). The maximum atomic E-state index is 9.84. The fourth-order valence-corrected chi connectivity index (χ4v) is 2.33. The second-order valence-corrected chi connectivity index (χ2v) is 6.55. The van der Waals surface area contributed by atoms with Gasteiger partial charge in [-0.25, -0.2) is 4.99 Å². The van der Waals surface area contributed by atoms with Gasteiger partial charge in [-0.05, 0) is 49.9 Å². The molecule has 6 heteroatoms. The van der Waals surface area contributed by atoms with Gasteiger partial charge in [0.2, 0.25) is 0 Å². The van der Waals surface area contributed by atoms with E-state index in [-0.39, 0.29) is 13.2 Å². The highest BCUT2D eigenvalue weighted by Crippen LogP contribution is 2.34. The summed E-state index contributed by atoms with van der Waals surface area (Å²) in [4.78, 5) is 7.87. The maximum Gasteiger partial charge on any atom is 0.112 e. The average molecular weight is 325 g/mol. The van der Waals surface area contributed by atoms with Crippen molar-refractivity contribution in [2.45, 2.75) is 51.7 Å². The van der Waals surface area contributed by atoms with Crippen LogP contribution in [0.5, 0.6) is 0 Å². The van der Waals surface area contributed by atoms with E-state index in [2.05, 4.69) is 22.1 Å². The Balaban J connectivity index is 3.61. The van der Waals surface area contributed by atoms with Gasteiger partial charge in [0, 0.05) is 0 Å². The van der Waals surface area contributed by atoms with Crippen LogP contribution in [0.2, 0.25) is 0 Å². The topological polar surface area (TPSA) is 119 Å². The van der Waals surface area contributed by atoms with Crippen LogP contribution in [0.4, 0.5) is 0 Å². The Hall–Kier alpha value is -2.70. The molecular formula is C18H23N5O. The molecule has 0 atom stereocenters. The Kier molecular flexibility index (Phi) is 6.22. The lowest BCUT2D eigenvalue weighted by atomic mass is 9.76. The number of aliphatic hydroxyl groups is 1. The summed E-state index contributed by atoms with van der Waals surface area (Å²) >= 11 is 0. The van der Waals surface area contributed by atoms with Crippen molar-refractivity contribution in [2.75, 3.05) is 0 Å². The van der Waals surface area contributed by atoms with Crippen molar-refractivity contribution in [2.24, 2.45) is 15.7 Å². The van der Waals surface area contributed by atoms with Crippen molar-refractivity contribution >= 4 is 12.7 Å². The monoisotopic (exact) mass is 325 g/mol. The Morgan fingerprint density at radius 1 is 1.17 bits per heavy atom. The molecule has 6 nitrogen and oxygen atoms in total. The first-order valence-corrected chi connectivity index (χ1v) is 7.55. The minimum atomic E-state index is -0.798. The second kappa shape index (κ2) is 7.72. The van der Waals surface area contributed by atoms with Gasteiger partial charge in [0.25, 0.3) is 0 Å². The summed E-state index contributed by atoms with van der Waals surface area (Å²) in [6.45, 7) is 7.27. The van der Waals surface area contributed by atoms with E-state index in [1.807, 2.05) is 26.0 Å². The zero-order chi connectivity index (χ0) is 18.4. The molecule has 0 saturated carbocycles. The Bertz CT molecular complexity index is 733. The molecule has 0 fully saturated rings. The molecule has 0 saturated heterocycles. The largest absolute Gasteiger partial charge is 0.392 e. The van der Waals surface area contributed by atoms with Crippen LogP contribution in [0.3, 0.4) is 0 Å². The normalized spacial score (nSPS) is 12.5. The molecule has 0 aliphatic carbocycles. The van der Waals surface area contributed by atoms with Crippen molar-refractivity contribution in [1.82, 2.24) is 0 Å². The van der Waals surface area contributed by atoms with Crippen molar-refractivity contribution in [1.29, 1.82) is 10.5 Å². The first-order valence-electron chi connectivity index (χ1n) is 7.55. The van der Waals surface area contributed by atoms with Gasteiger partial charge in [-0.2, -0.15) is 10.5 Å². The van der Waals surface area contributed by atoms with Crippen LogP contribution < -0.4 is 5.73 Å². The van der Waals surface area contributed by atoms with Crippen LogP contribution >= 0.6 is 0 Å². The van der Waals surface area contributed by atoms with Crippen LogP contribution in [-0.2, 0) is 24.0 Å². The summed E-state index contributed by atoms with van der Waals surface area (Å²) in [6, 6.07) is 8.22. The molecule has 0 bridgehead atoms. The van der Waals surface area contributed by atoms with Crippen molar-refractivity contribution in [3.8, 4) is 12.1 Å². The van der Waals surface area contributed by atoms with Gasteiger partial charge in [0.05, 0.1) is 42.5 Å². The fourth-order valence-electron chi connectivity index (χ4n) is 2.33. The third-order valence-electron chi connectivity index (χ3n) is 3.95. The van der Waals surface area contributed by atoms with E-state index < -0.39 is 10.8 Å². The smallest absolute Gasteiger partial charge is 0.112 e. The van der Waals surface area contributed by atoms with E-state index in [1.54, 1.807) is 13.8 Å². The number of benzene rings is 1. The summed E-state index contributed by atoms with van der Waals surface area (Å²) in [5.41, 5.74) is 6.57. The van der Waals surface area contributed by atoms with Gasteiger partial charge in [-0.3, -0.25) is 4.99 Å². The maximum absolute atomic E-state index is 9.84. The molecule has 0 unspecified atom stereocenters. The van der Waals surface area contributed by atoms with Crippen molar-refractivity contribution < 1.29 is 5.11 Å². The molecule has 1 aromatic rings. The standard InChI is InChI=1S/C18H23N5O/c1-17(2,9-19)14-5-13(7-22-12-23-11-21)15(8-24)16(6-14)18(3,4)10-20/h5-6,11-12,24H,7-8H2,1-4H3,(H2,21,22,23).